The molecule has 0 saturated carbocycles. The first-order valence-corrected chi connectivity index (χ1v) is 7.11. The van der Waals surface area contributed by atoms with Crippen molar-refractivity contribution in [2.45, 2.75) is 13.0 Å². The highest BCUT2D eigenvalue weighted by atomic mass is 79.9. The van der Waals surface area contributed by atoms with Gasteiger partial charge in [0.2, 0.25) is 0 Å². The summed E-state index contributed by atoms with van der Waals surface area (Å²) in [6.45, 7) is 2.62. The zero-order chi connectivity index (χ0) is 12.3. The zero-order valence-corrected chi connectivity index (χ0v) is 13.1. The van der Waals surface area contributed by atoms with Gasteiger partial charge in [-0.15, -0.1) is 23.7 Å². The van der Waals surface area contributed by atoms with Crippen molar-refractivity contribution in [2.75, 3.05) is 6.61 Å². The highest BCUT2D eigenvalue weighted by Crippen LogP contribution is 2.32. The van der Waals surface area contributed by atoms with Gasteiger partial charge in [0.15, 0.2) is 0 Å². The van der Waals surface area contributed by atoms with E-state index in [-0.39, 0.29) is 18.4 Å². The molecule has 2 N–H and O–H groups in total. The van der Waals surface area contributed by atoms with Crippen LogP contribution < -0.4 is 10.5 Å². The number of nitrogens with two attached hydrogens (primary N) is 1. The molecule has 0 bridgehead atoms. The number of halogens is 2. The molecule has 2 rings (SSSR count). The Morgan fingerprint density at radius 3 is 2.78 bits per heavy atom. The summed E-state index contributed by atoms with van der Waals surface area (Å²) in [6, 6.07) is 9.88. The Labute approximate surface area is 126 Å². The first-order chi connectivity index (χ1) is 8.22. The van der Waals surface area contributed by atoms with E-state index in [0.29, 0.717) is 6.61 Å². The van der Waals surface area contributed by atoms with Crippen molar-refractivity contribution in [1.29, 1.82) is 0 Å². The first kappa shape index (κ1) is 15.5. The molecule has 98 valence electrons. The second-order valence-corrected chi connectivity index (χ2v) is 5.50. The fourth-order valence-electron chi connectivity index (χ4n) is 1.67. The lowest BCUT2D eigenvalue weighted by atomic mass is 10.1. The smallest absolute Gasteiger partial charge is 0.124 e. The van der Waals surface area contributed by atoms with Gasteiger partial charge in [0.25, 0.3) is 0 Å². The van der Waals surface area contributed by atoms with Gasteiger partial charge < -0.3 is 10.5 Å². The maximum atomic E-state index is 6.27. The standard InChI is InChI=1S/C13H14BrNOS.ClH/c1-2-16-11-6-5-9(14)8-10(11)13(15)12-4-3-7-17-12;/h3-8,13H,2,15H2,1H3;1H/t13-;/m0./s1. The Morgan fingerprint density at radius 1 is 1.39 bits per heavy atom. The minimum absolute atomic E-state index is 0. The van der Waals surface area contributed by atoms with Crippen LogP contribution in [-0.2, 0) is 0 Å². The Morgan fingerprint density at radius 2 is 2.17 bits per heavy atom. The van der Waals surface area contributed by atoms with E-state index >= 15 is 0 Å². The van der Waals surface area contributed by atoms with Crippen LogP contribution >= 0.6 is 39.7 Å². The predicted molar refractivity (Wildman–Crippen MR) is 82.9 cm³/mol. The van der Waals surface area contributed by atoms with Gasteiger partial charge in [-0.2, -0.15) is 0 Å². The molecule has 1 atom stereocenters. The molecular weight excluding hydrogens is 334 g/mol. The van der Waals surface area contributed by atoms with Crippen LogP contribution in [0.4, 0.5) is 0 Å². The highest BCUT2D eigenvalue weighted by molar-refractivity contribution is 9.10. The van der Waals surface area contributed by atoms with E-state index in [1.807, 2.05) is 42.6 Å². The summed E-state index contributed by atoms with van der Waals surface area (Å²) in [5, 5.41) is 2.04. The average Bonchev–Trinajstić information content (AvgIpc) is 2.84. The van der Waals surface area contributed by atoms with Crippen molar-refractivity contribution in [3.05, 3.63) is 50.6 Å². The Hall–Kier alpha value is -0.550. The quantitative estimate of drug-likeness (QED) is 0.890. The number of benzene rings is 1. The van der Waals surface area contributed by atoms with Crippen LogP contribution in [0.1, 0.15) is 23.4 Å². The van der Waals surface area contributed by atoms with Gasteiger partial charge in [0, 0.05) is 14.9 Å². The lowest BCUT2D eigenvalue weighted by molar-refractivity contribution is 0.335. The van der Waals surface area contributed by atoms with Crippen LogP contribution in [0.2, 0.25) is 0 Å². The summed E-state index contributed by atoms with van der Waals surface area (Å²) < 4.78 is 6.63. The first-order valence-electron chi connectivity index (χ1n) is 5.43. The van der Waals surface area contributed by atoms with E-state index < -0.39 is 0 Å². The van der Waals surface area contributed by atoms with Gasteiger partial charge in [0.05, 0.1) is 12.6 Å². The lowest BCUT2D eigenvalue weighted by Gasteiger charge is -2.15. The highest BCUT2D eigenvalue weighted by Gasteiger charge is 2.15. The summed E-state index contributed by atoms with van der Waals surface area (Å²) in [4.78, 5) is 1.14. The number of hydrogen-bond donors (Lipinski definition) is 1. The van der Waals surface area contributed by atoms with Crippen LogP contribution in [0, 0.1) is 0 Å². The van der Waals surface area contributed by atoms with E-state index in [4.69, 9.17) is 10.5 Å². The van der Waals surface area contributed by atoms with Crippen molar-refractivity contribution >= 4 is 39.7 Å². The molecule has 0 aliphatic carbocycles. The van der Waals surface area contributed by atoms with Crippen molar-refractivity contribution in [3.63, 3.8) is 0 Å². The van der Waals surface area contributed by atoms with Gasteiger partial charge in [-0.1, -0.05) is 22.0 Å². The van der Waals surface area contributed by atoms with Crippen molar-refractivity contribution < 1.29 is 4.74 Å². The summed E-state index contributed by atoms with van der Waals surface area (Å²) in [6.07, 6.45) is 0. The molecule has 1 heterocycles. The monoisotopic (exact) mass is 347 g/mol. The van der Waals surface area contributed by atoms with E-state index in [1.54, 1.807) is 11.3 Å². The Balaban J connectivity index is 0.00000162. The normalized spacial score (nSPS) is 11.7. The minimum atomic E-state index is -0.131. The maximum absolute atomic E-state index is 6.27. The fraction of sp³-hybridized carbons (Fsp3) is 0.231. The molecule has 0 spiro atoms. The predicted octanol–water partition coefficient (Wildman–Crippen LogP) is 4.38. The lowest BCUT2D eigenvalue weighted by Crippen LogP contribution is -2.12. The Bertz CT molecular complexity index is 490. The molecular formula is C13H15BrClNOS. The molecule has 0 unspecified atom stereocenters. The van der Waals surface area contributed by atoms with Gasteiger partial charge in [-0.3, -0.25) is 0 Å². The van der Waals surface area contributed by atoms with Gasteiger partial charge in [0.1, 0.15) is 5.75 Å². The van der Waals surface area contributed by atoms with Crippen molar-refractivity contribution in [1.82, 2.24) is 0 Å². The number of ether oxygens (including phenoxy) is 1. The summed E-state index contributed by atoms with van der Waals surface area (Å²) in [7, 11) is 0. The third-order valence-electron chi connectivity index (χ3n) is 2.46. The minimum Gasteiger partial charge on any atom is -0.494 e. The molecule has 2 nitrogen and oxygen atoms in total. The van der Waals surface area contributed by atoms with Gasteiger partial charge >= 0.3 is 0 Å². The number of rotatable bonds is 4. The number of hydrogen-bond acceptors (Lipinski definition) is 3. The average molecular weight is 349 g/mol. The fourth-order valence-corrected chi connectivity index (χ4v) is 2.79. The molecule has 0 aliphatic heterocycles. The molecule has 0 saturated heterocycles. The van der Waals surface area contributed by atoms with Crippen molar-refractivity contribution in [2.24, 2.45) is 5.73 Å². The number of thiophene rings is 1. The summed E-state index contributed by atoms with van der Waals surface area (Å²) in [5.41, 5.74) is 7.29. The molecule has 18 heavy (non-hydrogen) atoms. The molecule has 2 aromatic rings. The molecule has 0 radical (unpaired) electrons. The van der Waals surface area contributed by atoms with E-state index in [1.165, 1.54) is 0 Å². The Kier molecular flexibility index (Phi) is 6.15. The van der Waals surface area contributed by atoms with E-state index in [2.05, 4.69) is 15.9 Å². The van der Waals surface area contributed by atoms with Crippen LogP contribution in [0.5, 0.6) is 5.75 Å². The van der Waals surface area contributed by atoms with Crippen LogP contribution in [0.3, 0.4) is 0 Å². The van der Waals surface area contributed by atoms with Crippen LogP contribution in [-0.4, -0.2) is 6.61 Å². The second kappa shape index (κ2) is 7.14. The zero-order valence-electron chi connectivity index (χ0n) is 9.93. The van der Waals surface area contributed by atoms with Gasteiger partial charge in [-0.25, -0.2) is 0 Å². The van der Waals surface area contributed by atoms with Crippen LogP contribution in [0.25, 0.3) is 0 Å². The second-order valence-electron chi connectivity index (χ2n) is 3.61. The molecule has 5 heteroatoms. The largest absolute Gasteiger partial charge is 0.494 e. The third kappa shape index (κ3) is 3.48. The van der Waals surface area contributed by atoms with Crippen LogP contribution in [0.15, 0.2) is 40.2 Å². The summed E-state index contributed by atoms with van der Waals surface area (Å²) >= 11 is 5.13. The van der Waals surface area contributed by atoms with Crippen molar-refractivity contribution in [3.8, 4) is 5.75 Å². The topological polar surface area (TPSA) is 35.2 Å². The molecule has 0 aliphatic rings. The maximum Gasteiger partial charge on any atom is 0.124 e. The SMILES string of the molecule is CCOc1ccc(Br)cc1[C@H](N)c1cccs1.Cl. The van der Waals surface area contributed by atoms with Gasteiger partial charge in [-0.05, 0) is 36.6 Å². The molecule has 1 aromatic heterocycles. The van der Waals surface area contributed by atoms with E-state index in [9.17, 15) is 0 Å². The molecule has 0 fully saturated rings. The molecule has 1 aromatic carbocycles. The third-order valence-corrected chi connectivity index (χ3v) is 3.91. The summed E-state index contributed by atoms with van der Waals surface area (Å²) in [5.74, 6) is 0.858. The van der Waals surface area contributed by atoms with E-state index in [0.717, 1.165) is 20.7 Å². The molecule has 0 amide bonds.